The Kier molecular flexibility index (Phi) is 8.40. The van der Waals surface area contributed by atoms with Gasteiger partial charge in [0.25, 0.3) is 0 Å². The quantitative estimate of drug-likeness (QED) is 0.780. The lowest BCUT2D eigenvalue weighted by Crippen LogP contribution is -2.29. The van der Waals surface area contributed by atoms with Gasteiger partial charge in [0.2, 0.25) is 0 Å². The van der Waals surface area contributed by atoms with E-state index in [4.69, 9.17) is 9.84 Å². The van der Waals surface area contributed by atoms with Crippen molar-refractivity contribution in [2.24, 2.45) is 5.92 Å². The standard InChI is InChI=1S/C12H17NO3.ClH/c1-13-7-11(12(14)15)9-16-8-10-5-3-2-4-6-10;/h2-6,11,13H,7-9H2,1H3,(H,14,15);1H/t11-;/m1./s1. The monoisotopic (exact) mass is 259 g/mol. The first-order valence-corrected chi connectivity index (χ1v) is 5.23. The van der Waals surface area contributed by atoms with Crippen molar-refractivity contribution >= 4 is 18.4 Å². The maximum Gasteiger partial charge on any atom is 0.310 e. The second-order valence-corrected chi connectivity index (χ2v) is 3.59. The zero-order chi connectivity index (χ0) is 11.8. The molecule has 0 unspecified atom stereocenters. The molecule has 0 spiro atoms. The third-order valence-corrected chi connectivity index (χ3v) is 2.23. The summed E-state index contributed by atoms with van der Waals surface area (Å²) in [6.45, 7) is 1.10. The number of rotatable bonds is 7. The molecule has 1 rings (SSSR count). The van der Waals surface area contributed by atoms with Crippen molar-refractivity contribution in [3.05, 3.63) is 35.9 Å². The van der Waals surface area contributed by atoms with Gasteiger partial charge in [-0.25, -0.2) is 0 Å². The molecule has 0 saturated heterocycles. The third-order valence-electron chi connectivity index (χ3n) is 2.23. The molecule has 0 heterocycles. The molecule has 1 aromatic carbocycles. The van der Waals surface area contributed by atoms with Crippen LogP contribution < -0.4 is 5.32 Å². The molecule has 5 heteroatoms. The van der Waals surface area contributed by atoms with Crippen molar-refractivity contribution in [3.8, 4) is 0 Å². The molecule has 0 aromatic heterocycles. The van der Waals surface area contributed by atoms with Crippen molar-refractivity contribution in [2.45, 2.75) is 6.61 Å². The van der Waals surface area contributed by atoms with E-state index in [-0.39, 0.29) is 19.0 Å². The summed E-state index contributed by atoms with van der Waals surface area (Å²) in [6, 6.07) is 9.70. The highest BCUT2D eigenvalue weighted by molar-refractivity contribution is 5.85. The number of halogens is 1. The molecule has 17 heavy (non-hydrogen) atoms. The molecule has 0 aliphatic carbocycles. The lowest BCUT2D eigenvalue weighted by atomic mass is 10.1. The SMILES string of the molecule is CNC[C@H](COCc1ccccc1)C(=O)O.Cl. The molecular formula is C12H18ClNO3. The van der Waals surface area contributed by atoms with Crippen molar-refractivity contribution in [1.82, 2.24) is 5.32 Å². The van der Waals surface area contributed by atoms with Crippen LogP contribution in [0, 0.1) is 5.92 Å². The van der Waals surface area contributed by atoms with Crippen molar-refractivity contribution in [2.75, 3.05) is 20.2 Å². The minimum Gasteiger partial charge on any atom is -0.481 e. The van der Waals surface area contributed by atoms with Crippen LogP contribution in [-0.2, 0) is 16.1 Å². The van der Waals surface area contributed by atoms with E-state index in [1.165, 1.54) is 0 Å². The molecule has 0 radical (unpaired) electrons. The van der Waals surface area contributed by atoms with Gasteiger partial charge in [-0.15, -0.1) is 12.4 Å². The van der Waals surface area contributed by atoms with Crippen molar-refractivity contribution in [3.63, 3.8) is 0 Å². The fourth-order valence-electron chi connectivity index (χ4n) is 1.36. The molecule has 1 atom stereocenters. The second-order valence-electron chi connectivity index (χ2n) is 3.59. The first-order valence-electron chi connectivity index (χ1n) is 5.23. The zero-order valence-electron chi connectivity index (χ0n) is 9.76. The van der Waals surface area contributed by atoms with Gasteiger partial charge in [-0.05, 0) is 12.6 Å². The Bertz CT molecular complexity index is 319. The van der Waals surface area contributed by atoms with Crippen LogP contribution in [0.3, 0.4) is 0 Å². The lowest BCUT2D eigenvalue weighted by Gasteiger charge is -2.12. The second kappa shape index (κ2) is 8.98. The minimum atomic E-state index is -0.831. The number of carboxylic acids is 1. The molecule has 0 aliphatic rings. The van der Waals surface area contributed by atoms with Gasteiger partial charge in [0.1, 0.15) is 0 Å². The van der Waals surface area contributed by atoms with Gasteiger partial charge in [-0.3, -0.25) is 4.79 Å². The Morgan fingerprint density at radius 3 is 2.59 bits per heavy atom. The predicted molar refractivity (Wildman–Crippen MR) is 68.4 cm³/mol. The molecule has 96 valence electrons. The van der Waals surface area contributed by atoms with E-state index in [1.54, 1.807) is 7.05 Å². The van der Waals surface area contributed by atoms with E-state index < -0.39 is 11.9 Å². The zero-order valence-corrected chi connectivity index (χ0v) is 10.6. The van der Waals surface area contributed by atoms with E-state index in [2.05, 4.69) is 5.32 Å². The highest BCUT2D eigenvalue weighted by atomic mass is 35.5. The van der Waals surface area contributed by atoms with E-state index >= 15 is 0 Å². The van der Waals surface area contributed by atoms with Crippen LogP contribution >= 0.6 is 12.4 Å². The first kappa shape index (κ1) is 15.9. The first-order chi connectivity index (χ1) is 7.74. The van der Waals surface area contributed by atoms with Crippen LogP contribution in [0.1, 0.15) is 5.56 Å². The number of hydrogen-bond donors (Lipinski definition) is 2. The molecule has 2 N–H and O–H groups in total. The summed E-state index contributed by atoms with van der Waals surface area (Å²) < 4.78 is 5.37. The van der Waals surface area contributed by atoms with Gasteiger partial charge >= 0.3 is 5.97 Å². The van der Waals surface area contributed by atoms with E-state index in [9.17, 15) is 4.79 Å². The summed E-state index contributed by atoms with van der Waals surface area (Å²) in [5.41, 5.74) is 1.05. The largest absolute Gasteiger partial charge is 0.481 e. The third kappa shape index (κ3) is 6.26. The molecule has 0 saturated carbocycles. The van der Waals surface area contributed by atoms with Crippen molar-refractivity contribution < 1.29 is 14.6 Å². The van der Waals surface area contributed by atoms with E-state index in [1.807, 2.05) is 30.3 Å². The van der Waals surface area contributed by atoms with Gasteiger partial charge in [0, 0.05) is 6.54 Å². The Morgan fingerprint density at radius 1 is 1.41 bits per heavy atom. The van der Waals surface area contributed by atoms with Crippen LogP contribution in [0.2, 0.25) is 0 Å². The number of ether oxygens (including phenoxy) is 1. The fourth-order valence-corrected chi connectivity index (χ4v) is 1.36. The summed E-state index contributed by atoms with van der Waals surface area (Å²) in [5.74, 6) is -1.32. The summed E-state index contributed by atoms with van der Waals surface area (Å²) in [7, 11) is 1.73. The van der Waals surface area contributed by atoms with Gasteiger partial charge in [-0.1, -0.05) is 30.3 Å². The van der Waals surface area contributed by atoms with E-state index in [0.29, 0.717) is 13.2 Å². The predicted octanol–water partition coefficient (Wildman–Crippen LogP) is 1.55. The minimum absolute atomic E-state index is 0. The molecule has 0 fully saturated rings. The Labute approximate surface area is 107 Å². The highest BCUT2D eigenvalue weighted by Crippen LogP contribution is 2.03. The number of carboxylic acid groups (broad SMARTS) is 1. The van der Waals surface area contributed by atoms with Gasteiger partial charge in [0.05, 0.1) is 19.1 Å². The number of benzene rings is 1. The summed E-state index contributed by atoms with van der Waals surface area (Å²) in [5, 5.41) is 11.7. The smallest absolute Gasteiger partial charge is 0.310 e. The Morgan fingerprint density at radius 2 is 2.06 bits per heavy atom. The van der Waals surface area contributed by atoms with Crippen LogP contribution in [0.15, 0.2) is 30.3 Å². The summed E-state index contributed by atoms with van der Waals surface area (Å²) >= 11 is 0. The normalized spacial score (nSPS) is 11.6. The molecule has 0 amide bonds. The molecule has 0 aliphatic heterocycles. The molecule has 1 aromatic rings. The van der Waals surface area contributed by atoms with Crippen LogP contribution in [0.4, 0.5) is 0 Å². The van der Waals surface area contributed by atoms with Gasteiger partial charge in [0.15, 0.2) is 0 Å². The average Bonchev–Trinajstić information content (AvgIpc) is 2.29. The number of hydrogen-bond acceptors (Lipinski definition) is 3. The Balaban J connectivity index is 0.00000256. The number of carbonyl (C=O) groups is 1. The molecular weight excluding hydrogens is 242 g/mol. The fraction of sp³-hybridized carbons (Fsp3) is 0.417. The van der Waals surface area contributed by atoms with Crippen LogP contribution in [0.5, 0.6) is 0 Å². The van der Waals surface area contributed by atoms with Gasteiger partial charge in [-0.2, -0.15) is 0 Å². The topological polar surface area (TPSA) is 58.6 Å². The summed E-state index contributed by atoms with van der Waals surface area (Å²) in [6.07, 6.45) is 0. The highest BCUT2D eigenvalue weighted by Gasteiger charge is 2.16. The lowest BCUT2D eigenvalue weighted by molar-refractivity contribution is -0.143. The molecule has 4 nitrogen and oxygen atoms in total. The molecule has 0 bridgehead atoms. The Hall–Kier alpha value is -1.10. The van der Waals surface area contributed by atoms with Gasteiger partial charge < -0.3 is 15.2 Å². The maximum absolute atomic E-state index is 10.8. The number of nitrogens with one attached hydrogen (secondary N) is 1. The average molecular weight is 260 g/mol. The van der Waals surface area contributed by atoms with E-state index in [0.717, 1.165) is 5.56 Å². The summed E-state index contributed by atoms with van der Waals surface area (Å²) in [4.78, 5) is 10.8. The number of aliphatic carboxylic acids is 1. The van der Waals surface area contributed by atoms with Crippen LogP contribution in [-0.4, -0.2) is 31.3 Å². The van der Waals surface area contributed by atoms with Crippen molar-refractivity contribution in [1.29, 1.82) is 0 Å². The maximum atomic E-state index is 10.8. The van der Waals surface area contributed by atoms with Crippen LogP contribution in [0.25, 0.3) is 0 Å².